The summed E-state index contributed by atoms with van der Waals surface area (Å²) in [5.74, 6) is -0.904. The summed E-state index contributed by atoms with van der Waals surface area (Å²) in [6.07, 6.45) is 1.01. The van der Waals surface area contributed by atoms with Gasteiger partial charge >= 0.3 is 5.97 Å². The summed E-state index contributed by atoms with van der Waals surface area (Å²) in [5, 5.41) is 13.6. The molecule has 2 aromatic rings. The Labute approximate surface area is 111 Å². The lowest BCUT2D eigenvalue weighted by Gasteiger charge is -2.21. The van der Waals surface area contributed by atoms with E-state index in [4.69, 9.17) is 4.74 Å². The number of aromatic carboxylic acids is 1. The van der Waals surface area contributed by atoms with Crippen LogP contribution in [0.4, 0.5) is 0 Å². The van der Waals surface area contributed by atoms with Gasteiger partial charge in [0.05, 0.1) is 11.4 Å². The molecule has 2 aromatic heterocycles. The molecule has 0 aromatic carbocycles. The van der Waals surface area contributed by atoms with Crippen LogP contribution in [0.25, 0.3) is 5.65 Å². The predicted molar refractivity (Wildman–Crippen MR) is 69.3 cm³/mol. The third kappa shape index (κ3) is 2.31. The Balaban J connectivity index is 2.78. The minimum Gasteiger partial charge on any atom is -0.478 e. The molecule has 0 aliphatic heterocycles. The van der Waals surface area contributed by atoms with Gasteiger partial charge in [-0.25, -0.2) is 14.3 Å². The highest BCUT2D eigenvalue weighted by molar-refractivity contribution is 5.89. The third-order valence-electron chi connectivity index (χ3n) is 3.00. The standard InChI is InChI=1S/C13H17N3O3/c1-7(2)12(19-4)11-9(13(17)18)6-14-10-5-8(3)15-16(10)11/h5-7,12H,1-4H3,(H,17,18). The molecule has 0 fully saturated rings. The van der Waals surface area contributed by atoms with Crippen LogP contribution in [0.3, 0.4) is 0 Å². The Morgan fingerprint density at radius 1 is 1.47 bits per heavy atom. The number of carboxylic acid groups (broad SMARTS) is 1. The van der Waals surface area contributed by atoms with Crippen molar-refractivity contribution in [3.63, 3.8) is 0 Å². The zero-order chi connectivity index (χ0) is 14.2. The molecule has 2 rings (SSSR count). The zero-order valence-electron chi connectivity index (χ0n) is 11.4. The minimum atomic E-state index is -1.03. The maximum absolute atomic E-state index is 11.4. The normalized spacial score (nSPS) is 13.1. The summed E-state index contributed by atoms with van der Waals surface area (Å²) in [4.78, 5) is 15.5. The summed E-state index contributed by atoms with van der Waals surface area (Å²) >= 11 is 0. The number of aryl methyl sites for hydroxylation is 1. The molecule has 0 amide bonds. The topological polar surface area (TPSA) is 76.7 Å². The Morgan fingerprint density at radius 2 is 2.16 bits per heavy atom. The van der Waals surface area contributed by atoms with Crippen LogP contribution < -0.4 is 0 Å². The van der Waals surface area contributed by atoms with E-state index in [1.54, 1.807) is 11.6 Å². The fourth-order valence-corrected chi connectivity index (χ4v) is 2.20. The Morgan fingerprint density at radius 3 is 2.68 bits per heavy atom. The molecule has 6 heteroatoms. The lowest BCUT2D eigenvalue weighted by atomic mass is 10.0. The van der Waals surface area contributed by atoms with Gasteiger partial charge in [0.2, 0.25) is 0 Å². The first-order valence-corrected chi connectivity index (χ1v) is 6.07. The average molecular weight is 263 g/mol. The van der Waals surface area contributed by atoms with Crippen LogP contribution in [-0.2, 0) is 4.74 Å². The van der Waals surface area contributed by atoms with Gasteiger partial charge in [-0.3, -0.25) is 0 Å². The highest BCUT2D eigenvalue weighted by atomic mass is 16.5. The molecule has 1 unspecified atom stereocenters. The summed E-state index contributed by atoms with van der Waals surface area (Å²) in [6.45, 7) is 5.79. The van der Waals surface area contributed by atoms with Crippen molar-refractivity contribution in [2.24, 2.45) is 5.92 Å². The van der Waals surface area contributed by atoms with Crippen molar-refractivity contribution in [3.05, 3.63) is 29.2 Å². The molecule has 0 aliphatic carbocycles. The number of carbonyl (C=O) groups is 1. The van der Waals surface area contributed by atoms with Gasteiger partial charge in [-0.2, -0.15) is 5.10 Å². The molecule has 0 saturated heterocycles. The van der Waals surface area contributed by atoms with Gasteiger partial charge in [0.15, 0.2) is 5.65 Å². The van der Waals surface area contributed by atoms with E-state index in [2.05, 4.69) is 10.1 Å². The van der Waals surface area contributed by atoms with Gasteiger partial charge in [-0.05, 0) is 12.8 Å². The minimum absolute atomic E-state index is 0.121. The fourth-order valence-electron chi connectivity index (χ4n) is 2.20. The van der Waals surface area contributed by atoms with Crippen LogP contribution in [0, 0.1) is 12.8 Å². The molecule has 0 radical (unpaired) electrons. The zero-order valence-corrected chi connectivity index (χ0v) is 11.4. The van der Waals surface area contributed by atoms with Crippen molar-refractivity contribution in [2.75, 3.05) is 7.11 Å². The summed E-state index contributed by atoms with van der Waals surface area (Å²) in [6, 6.07) is 1.81. The van der Waals surface area contributed by atoms with Gasteiger partial charge in [0, 0.05) is 19.4 Å². The van der Waals surface area contributed by atoms with Crippen LogP contribution >= 0.6 is 0 Å². The van der Waals surface area contributed by atoms with Crippen molar-refractivity contribution in [3.8, 4) is 0 Å². The van der Waals surface area contributed by atoms with Crippen molar-refractivity contribution >= 4 is 11.6 Å². The van der Waals surface area contributed by atoms with Crippen LogP contribution in [0.15, 0.2) is 12.3 Å². The van der Waals surface area contributed by atoms with Gasteiger partial charge in [0.25, 0.3) is 0 Å². The van der Waals surface area contributed by atoms with E-state index in [1.807, 2.05) is 26.8 Å². The molecular weight excluding hydrogens is 246 g/mol. The molecule has 19 heavy (non-hydrogen) atoms. The van der Waals surface area contributed by atoms with Crippen molar-refractivity contribution in [1.29, 1.82) is 0 Å². The maximum Gasteiger partial charge on any atom is 0.339 e. The average Bonchev–Trinajstić information content (AvgIpc) is 2.69. The van der Waals surface area contributed by atoms with Crippen molar-refractivity contribution < 1.29 is 14.6 Å². The number of rotatable bonds is 4. The summed E-state index contributed by atoms with van der Waals surface area (Å²) < 4.78 is 7.02. The summed E-state index contributed by atoms with van der Waals surface area (Å²) in [5.41, 5.74) is 2.06. The lowest BCUT2D eigenvalue weighted by molar-refractivity contribution is 0.0542. The highest BCUT2D eigenvalue weighted by Gasteiger charge is 2.26. The first-order chi connectivity index (χ1) is 8.95. The van der Waals surface area contributed by atoms with Gasteiger partial charge < -0.3 is 9.84 Å². The number of fused-ring (bicyclic) bond motifs is 1. The molecule has 0 saturated carbocycles. The number of nitrogens with zero attached hydrogens (tertiary/aromatic N) is 3. The number of methoxy groups -OCH3 is 1. The number of hydrogen-bond donors (Lipinski definition) is 1. The number of ether oxygens (including phenoxy) is 1. The van der Waals surface area contributed by atoms with E-state index >= 15 is 0 Å². The monoisotopic (exact) mass is 263 g/mol. The van der Waals surface area contributed by atoms with Crippen LogP contribution in [0.1, 0.15) is 41.7 Å². The van der Waals surface area contributed by atoms with E-state index in [9.17, 15) is 9.90 Å². The van der Waals surface area contributed by atoms with Crippen molar-refractivity contribution in [1.82, 2.24) is 14.6 Å². The molecule has 1 atom stereocenters. The van der Waals surface area contributed by atoms with E-state index in [0.717, 1.165) is 5.69 Å². The van der Waals surface area contributed by atoms with Crippen LogP contribution in [0.2, 0.25) is 0 Å². The maximum atomic E-state index is 11.4. The van der Waals surface area contributed by atoms with Crippen LogP contribution in [-0.4, -0.2) is 32.8 Å². The first kappa shape index (κ1) is 13.5. The third-order valence-corrected chi connectivity index (χ3v) is 3.00. The number of carboxylic acids is 1. The molecule has 0 bridgehead atoms. The fraction of sp³-hybridized carbons (Fsp3) is 0.462. The van der Waals surface area contributed by atoms with E-state index in [-0.39, 0.29) is 17.6 Å². The molecule has 0 aliphatic rings. The number of aromatic nitrogens is 3. The quantitative estimate of drug-likeness (QED) is 0.913. The number of hydrogen-bond acceptors (Lipinski definition) is 4. The Hall–Kier alpha value is -1.95. The van der Waals surface area contributed by atoms with Crippen LogP contribution in [0.5, 0.6) is 0 Å². The second-order valence-corrected chi connectivity index (χ2v) is 4.82. The van der Waals surface area contributed by atoms with Gasteiger partial charge in [0.1, 0.15) is 11.7 Å². The highest BCUT2D eigenvalue weighted by Crippen LogP contribution is 2.28. The summed E-state index contributed by atoms with van der Waals surface area (Å²) in [7, 11) is 1.57. The lowest BCUT2D eigenvalue weighted by Crippen LogP contribution is -2.19. The first-order valence-electron chi connectivity index (χ1n) is 6.07. The second kappa shape index (κ2) is 4.97. The SMILES string of the molecule is COC(c1c(C(=O)O)cnc2cc(C)nn12)C(C)C. The molecule has 2 heterocycles. The predicted octanol–water partition coefficient (Wildman–Crippen LogP) is 2.08. The Kier molecular flexibility index (Phi) is 3.53. The molecule has 0 spiro atoms. The molecule has 102 valence electrons. The second-order valence-electron chi connectivity index (χ2n) is 4.82. The van der Waals surface area contributed by atoms with E-state index < -0.39 is 5.97 Å². The van der Waals surface area contributed by atoms with Gasteiger partial charge in [-0.15, -0.1) is 0 Å². The van der Waals surface area contributed by atoms with E-state index in [1.165, 1.54) is 6.20 Å². The Bertz CT molecular complexity index is 619. The smallest absolute Gasteiger partial charge is 0.339 e. The van der Waals surface area contributed by atoms with Crippen molar-refractivity contribution in [2.45, 2.75) is 26.9 Å². The largest absolute Gasteiger partial charge is 0.478 e. The van der Waals surface area contributed by atoms with E-state index in [0.29, 0.717) is 11.3 Å². The molecule has 6 nitrogen and oxygen atoms in total. The van der Waals surface area contributed by atoms with Gasteiger partial charge in [-0.1, -0.05) is 13.8 Å². The molecular formula is C13H17N3O3. The molecule has 1 N–H and O–H groups in total.